The summed E-state index contributed by atoms with van der Waals surface area (Å²) in [6, 6.07) is 9.51. The van der Waals surface area contributed by atoms with Crippen molar-refractivity contribution in [2.24, 2.45) is 0 Å². The second-order valence-corrected chi connectivity index (χ2v) is 9.12. The Morgan fingerprint density at radius 3 is 2.26 bits per heavy atom. The predicted molar refractivity (Wildman–Crippen MR) is 136 cm³/mol. The predicted octanol–water partition coefficient (Wildman–Crippen LogP) is 5.45. The van der Waals surface area contributed by atoms with E-state index in [0.717, 1.165) is 51.7 Å². The third-order valence-corrected chi connectivity index (χ3v) is 6.44. The molecule has 182 valence electrons. The summed E-state index contributed by atoms with van der Waals surface area (Å²) in [4.78, 5) is 34.4. The number of carbonyl (C=O) groups excluding carboxylic acids is 2. The SMILES string of the molecule is CCCCN(CCCC)CCCN1C(=O)C(=O)/C(=C(/O)c2ccc(Cl)cc2)C1c1cccnc1. The maximum absolute atomic E-state index is 13.1. The van der Waals surface area contributed by atoms with Crippen LogP contribution in [0.5, 0.6) is 0 Å². The lowest BCUT2D eigenvalue weighted by molar-refractivity contribution is -0.140. The molecule has 1 aromatic carbocycles. The highest BCUT2D eigenvalue weighted by atomic mass is 35.5. The second-order valence-electron chi connectivity index (χ2n) is 8.69. The van der Waals surface area contributed by atoms with Crippen molar-refractivity contribution >= 4 is 29.1 Å². The van der Waals surface area contributed by atoms with E-state index >= 15 is 0 Å². The lowest BCUT2D eigenvalue weighted by atomic mass is 9.96. The number of amides is 1. The number of Topliss-reactive ketones (excluding diaryl/α,β-unsaturated/α-hetero) is 1. The van der Waals surface area contributed by atoms with Crippen LogP contribution in [0.15, 0.2) is 54.4 Å². The Morgan fingerprint density at radius 1 is 1.03 bits per heavy atom. The van der Waals surface area contributed by atoms with Gasteiger partial charge in [-0.1, -0.05) is 44.4 Å². The Morgan fingerprint density at radius 2 is 1.68 bits per heavy atom. The number of nitrogens with zero attached hydrogens (tertiary/aromatic N) is 3. The van der Waals surface area contributed by atoms with Crippen molar-refractivity contribution < 1.29 is 14.7 Å². The van der Waals surface area contributed by atoms with E-state index in [-0.39, 0.29) is 11.3 Å². The number of halogens is 1. The van der Waals surface area contributed by atoms with Crippen LogP contribution in [-0.2, 0) is 9.59 Å². The minimum absolute atomic E-state index is 0.0918. The topological polar surface area (TPSA) is 73.7 Å². The molecule has 0 saturated carbocycles. The van der Waals surface area contributed by atoms with E-state index in [9.17, 15) is 14.7 Å². The minimum atomic E-state index is -0.677. The Balaban J connectivity index is 1.87. The number of rotatable bonds is 12. The number of benzene rings is 1. The van der Waals surface area contributed by atoms with Crippen molar-refractivity contribution in [1.29, 1.82) is 0 Å². The molecule has 1 unspecified atom stereocenters. The van der Waals surface area contributed by atoms with Crippen molar-refractivity contribution in [3.63, 3.8) is 0 Å². The van der Waals surface area contributed by atoms with Crippen LogP contribution in [0.4, 0.5) is 0 Å². The standard InChI is InChI=1S/C27H34ClN3O3/c1-3-5-15-30(16-6-4-2)17-8-18-31-24(21-9-7-14-29-19-21)23(26(33)27(31)34)25(32)20-10-12-22(28)13-11-20/h7,9-14,19,24,32H,3-6,8,15-18H2,1-2H3/b25-23+. The molecule has 3 rings (SSSR count). The van der Waals surface area contributed by atoms with Crippen LogP contribution in [-0.4, -0.2) is 57.8 Å². The molecule has 6 nitrogen and oxygen atoms in total. The van der Waals surface area contributed by atoms with Gasteiger partial charge in [0.1, 0.15) is 5.76 Å². The Labute approximate surface area is 207 Å². The van der Waals surface area contributed by atoms with E-state index in [1.807, 2.05) is 6.07 Å². The molecule has 34 heavy (non-hydrogen) atoms. The van der Waals surface area contributed by atoms with E-state index in [1.54, 1.807) is 47.6 Å². The summed E-state index contributed by atoms with van der Waals surface area (Å²) >= 11 is 5.98. The van der Waals surface area contributed by atoms with E-state index in [1.165, 1.54) is 0 Å². The van der Waals surface area contributed by atoms with Crippen molar-refractivity contribution in [2.45, 2.75) is 52.0 Å². The van der Waals surface area contributed by atoms with Gasteiger partial charge in [-0.05, 0) is 74.8 Å². The van der Waals surface area contributed by atoms with Gasteiger partial charge >= 0.3 is 0 Å². The van der Waals surface area contributed by atoms with Crippen LogP contribution in [0.25, 0.3) is 5.76 Å². The van der Waals surface area contributed by atoms with Crippen LogP contribution in [0.3, 0.4) is 0 Å². The molecule has 0 aliphatic carbocycles. The van der Waals surface area contributed by atoms with Crippen LogP contribution < -0.4 is 0 Å². The van der Waals surface area contributed by atoms with Crippen molar-refractivity contribution in [3.8, 4) is 0 Å². The third kappa shape index (κ3) is 6.24. The number of aliphatic hydroxyl groups excluding tert-OH is 1. The molecule has 1 amide bonds. The molecule has 0 radical (unpaired) electrons. The average molecular weight is 484 g/mol. The molecule has 0 spiro atoms. The van der Waals surface area contributed by atoms with Crippen molar-refractivity contribution in [3.05, 3.63) is 70.5 Å². The molecule has 1 atom stereocenters. The first-order valence-corrected chi connectivity index (χ1v) is 12.5. The molecule has 1 saturated heterocycles. The second kappa shape index (κ2) is 12.7. The van der Waals surface area contributed by atoms with Gasteiger partial charge in [-0.25, -0.2) is 0 Å². The summed E-state index contributed by atoms with van der Waals surface area (Å²) in [5, 5.41) is 11.6. The van der Waals surface area contributed by atoms with Gasteiger partial charge in [0.25, 0.3) is 11.7 Å². The highest BCUT2D eigenvalue weighted by Crippen LogP contribution is 2.39. The Kier molecular flexibility index (Phi) is 9.66. The van der Waals surface area contributed by atoms with Gasteiger partial charge in [0.05, 0.1) is 11.6 Å². The van der Waals surface area contributed by atoms with Gasteiger partial charge < -0.3 is 14.9 Å². The van der Waals surface area contributed by atoms with Crippen LogP contribution >= 0.6 is 11.6 Å². The largest absolute Gasteiger partial charge is 0.507 e. The Bertz CT molecular complexity index is 984. The summed E-state index contributed by atoms with van der Waals surface area (Å²) in [5.41, 5.74) is 1.24. The lowest BCUT2D eigenvalue weighted by Crippen LogP contribution is -2.34. The zero-order chi connectivity index (χ0) is 24.5. The number of unbranched alkanes of at least 4 members (excludes halogenated alkanes) is 2. The molecular weight excluding hydrogens is 450 g/mol. The maximum atomic E-state index is 13.1. The number of hydrogen-bond acceptors (Lipinski definition) is 5. The maximum Gasteiger partial charge on any atom is 0.295 e. The van der Waals surface area contributed by atoms with E-state index in [2.05, 4.69) is 23.7 Å². The first-order chi connectivity index (χ1) is 16.5. The smallest absolute Gasteiger partial charge is 0.295 e. The van der Waals surface area contributed by atoms with Gasteiger partial charge in [0.15, 0.2) is 0 Å². The zero-order valence-corrected chi connectivity index (χ0v) is 20.8. The molecule has 1 aliphatic rings. The van der Waals surface area contributed by atoms with Crippen LogP contribution in [0.1, 0.15) is 63.1 Å². The fourth-order valence-electron chi connectivity index (χ4n) is 4.32. The molecule has 1 aromatic heterocycles. The highest BCUT2D eigenvalue weighted by molar-refractivity contribution is 6.46. The summed E-state index contributed by atoms with van der Waals surface area (Å²) in [6.45, 7) is 7.74. The quantitative estimate of drug-likeness (QED) is 0.247. The number of ketones is 1. The molecule has 2 heterocycles. The Hall–Kier alpha value is -2.70. The van der Waals surface area contributed by atoms with E-state index in [0.29, 0.717) is 22.7 Å². The van der Waals surface area contributed by atoms with E-state index in [4.69, 9.17) is 11.6 Å². The number of pyridine rings is 1. The fraction of sp³-hybridized carbons (Fsp3) is 0.444. The number of hydrogen-bond donors (Lipinski definition) is 1. The van der Waals surface area contributed by atoms with Gasteiger partial charge in [0.2, 0.25) is 0 Å². The average Bonchev–Trinajstić information content (AvgIpc) is 3.11. The molecular formula is C27H34ClN3O3. The summed E-state index contributed by atoms with van der Waals surface area (Å²) in [5.74, 6) is -1.45. The van der Waals surface area contributed by atoms with E-state index < -0.39 is 17.7 Å². The van der Waals surface area contributed by atoms with Crippen LogP contribution in [0, 0.1) is 0 Å². The van der Waals surface area contributed by atoms with Gasteiger partial charge in [-0.2, -0.15) is 0 Å². The summed E-state index contributed by atoms with van der Waals surface area (Å²) < 4.78 is 0. The lowest BCUT2D eigenvalue weighted by Gasteiger charge is -2.27. The monoisotopic (exact) mass is 483 g/mol. The van der Waals surface area contributed by atoms with Crippen molar-refractivity contribution in [1.82, 2.24) is 14.8 Å². The van der Waals surface area contributed by atoms with Gasteiger partial charge in [-0.15, -0.1) is 0 Å². The molecule has 1 aliphatic heterocycles. The number of carbonyl (C=O) groups is 2. The summed E-state index contributed by atoms with van der Waals surface area (Å²) in [7, 11) is 0. The minimum Gasteiger partial charge on any atom is -0.507 e. The normalized spacial score (nSPS) is 17.6. The van der Waals surface area contributed by atoms with Crippen molar-refractivity contribution in [2.75, 3.05) is 26.2 Å². The number of likely N-dealkylation sites (tertiary alicyclic amines) is 1. The van der Waals surface area contributed by atoms with Gasteiger partial charge in [-0.3, -0.25) is 14.6 Å². The van der Waals surface area contributed by atoms with Crippen LogP contribution in [0.2, 0.25) is 5.02 Å². The fourth-order valence-corrected chi connectivity index (χ4v) is 4.45. The molecule has 0 bridgehead atoms. The first-order valence-electron chi connectivity index (χ1n) is 12.1. The highest BCUT2D eigenvalue weighted by Gasteiger charge is 2.45. The molecule has 2 aromatic rings. The summed E-state index contributed by atoms with van der Waals surface area (Å²) in [6.07, 6.45) is 8.61. The van der Waals surface area contributed by atoms with Gasteiger partial charge in [0, 0.05) is 29.5 Å². The number of aliphatic hydroxyl groups is 1. The zero-order valence-electron chi connectivity index (χ0n) is 20.0. The molecule has 1 fully saturated rings. The molecule has 7 heteroatoms. The molecule has 1 N–H and O–H groups in total. The third-order valence-electron chi connectivity index (χ3n) is 6.19. The number of aromatic nitrogens is 1. The first kappa shape index (κ1) is 25.9.